The molecule has 1 fully saturated rings. The Hall–Kier alpha value is -2.83. The minimum absolute atomic E-state index is 0.0552. The van der Waals surface area contributed by atoms with Gasteiger partial charge in [-0.2, -0.15) is 0 Å². The fourth-order valence-electron chi connectivity index (χ4n) is 2.71. The molecule has 1 unspecified atom stereocenters. The van der Waals surface area contributed by atoms with Crippen molar-refractivity contribution < 1.29 is 44.5 Å². The first-order valence-corrected chi connectivity index (χ1v) is 8.47. The van der Waals surface area contributed by atoms with Gasteiger partial charge in [0.2, 0.25) is 5.91 Å². The maximum absolute atomic E-state index is 11.9. The number of carbonyl (C=O) groups is 3. The summed E-state index contributed by atoms with van der Waals surface area (Å²) in [5.74, 6) is -3.76. The number of hydrogen-bond acceptors (Lipinski definition) is 8. The predicted molar refractivity (Wildman–Crippen MR) is 95.0 cm³/mol. The number of nitrogens with zero attached hydrogens (tertiary/aromatic N) is 1. The van der Waals surface area contributed by atoms with Gasteiger partial charge in [-0.25, -0.2) is 4.79 Å². The second-order valence-corrected chi connectivity index (χ2v) is 6.46. The van der Waals surface area contributed by atoms with Gasteiger partial charge in [0.15, 0.2) is 0 Å². The summed E-state index contributed by atoms with van der Waals surface area (Å²) in [5.41, 5.74) is 5.09. The lowest BCUT2D eigenvalue weighted by molar-refractivity contribution is -0.146. The van der Waals surface area contributed by atoms with Crippen molar-refractivity contribution >= 4 is 25.0 Å². The van der Waals surface area contributed by atoms with Gasteiger partial charge in [-0.1, -0.05) is 6.07 Å². The highest BCUT2D eigenvalue weighted by Crippen LogP contribution is 2.34. The SMILES string of the molecule is NC(CC(=O)N1CC(Oc2ccc(CCB(O)O)c(O)c2C(=O)O)C1)C(=O)O. The summed E-state index contributed by atoms with van der Waals surface area (Å²) in [7, 11) is -1.59. The molecule has 1 aliphatic heterocycles. The Labute approximate surface area is 160 Å². The molecule has 0 spiro atoms. The molecule has 0 radical (unpaired) electrons. The van der Waals surface area contributed by atoms with E-state index in [0.717, 1.165) is 0 Å². The van der Waals surface area contributed by atoms with Crippen molar-refractivity contribution in [2.75, 3.05) is 13.1 Å². The van der Waals surface area contributed by atoms with E-state index in [4.69, 9.17) is 25.6 Å². The first-order valence-electron chi connectivity index (χ1n) is 8.47. The second kappa shape index (κ2) is 8.91. The van der Waals surface area contributed by atoms with Crippen molar-refractivity contribution in [1.82, 2.24) is 4.90 Å². The van der Waals surface area contributed by atoms with Crippen LogP contribution in [0, 0.1) is 0 Å². The smallest absolute Gasteiger partial charge is 0.451 e. The maximum atomic E-state index is 11.9. The first-order chi connectivity index (χ1) is 13.1. The van der Waals surface area contributed by atoms with Crippen molar-refractivity contribution in [3.63, 3.8) is 0 Å². The maximum Gasteiger partial charge on any atom is 0.451 e. The number of phenols is 1. The Morgan fingerprint density at radius 3 is 2.43 bits per heavy atom. The van der Waals surface area contributed by atoms with Crippen molar-refractivity contribution in [3.8, 4) is 11.5 Å². The Kier molecular flexibility index (Phi) is 6.83. The number of likely N-dealkylation sites (tertiary alicyclic amines) is 1. The molecule has 1 heterocycles. The number of hydrogen-bond donors (Lipinski definition) is 6. The lowest BCUT2D eigenvalue weighted by Crippen LogP contribution is -2.57. The van der Waals surface area contributed by atoms with Gasteiger partial charge in [-0.05, 0) is 24.4 Å². The van der Waals surface area contributed by atoms with E-state index in [9.17, 15) is 24.6 Å². The third-order valence-electron chi connectivity index (χ3n) is 4.32. The summed E-state index contributed by atoms with van der Waals surface area (Å²) in [5, 5.41) is 46.1. The van der Waals surface area contributed by atoms with Crippen LogP contribution in [-0.4, -0.2) is 80.5 Å². The van der Waals surface area contributed by atoms with Crippen LogP contribution in [0.2, 0.25) is 6.32 Å². The van der Waals surface area contributed by atoms with E-state index in [1.54, 1.807) is 0 Å². The number of aromatic carboxylic acids is 1. The van der Waals surface area contributed by atoms with Crippen LogP contribution < -0.4 is 10.5 Å². The number of ether oxygens (including phenoxy) is 1. The summed E-state index contributed by atoms with van der Waals surface area (Å²) in [6.07, 6.45) is -0.896. The zero-order valence-corrected chi connectivity index (χ0v) is 14.8. The topological polar surface area (TPSA) is 191 Å². The number of aryl methyl sites for hydroxylation is 1. The molecule has 0 bridgehead atoms. The zero-order chi connectivity index (χ0) is 21.0. The number of benzene rings is 1. The average molecular weight is 396 g/mol. The molecule has 1 aliphatic rings. The van der Waals surface area contributed by atoms with Crippen LogP contribution in [0.5, 0.6) is 11.5 Å². The lowest BCUT2D eigenvalue weighted by atomic mass is 9.82. The van der Waals surface area contributed by atoms with Crippen LogP contribution in [-0.2, 0) is 16.0 Å². The van der Waals surface area contributed by atoms with E-state index in [1.165, 1.54) is 17.0 Å². The van der Waals surface area contributed by atoms with Crippen LogP contribution in [0.25, 0.3) is 0 Å². The van der Waals surface area contributed by atoms with Gasteiger partial charge >= 0.3 is 19.1 Å². The molecular weight excluding hydrogens is 375 g/mol. The summed E-state index contributed by atoms with van der Waals surface area (Å²) in [4.78, 5) is 35.4. The van der Waals surface area contributed by atoms with Crippen molar-refractivity contribution in [2.24, 2.45) is 5.73 Å². The summed E-state index contributed by atoms with van der Waals surface area (Å²) < 4.78 is 5.56. The van der Waals surface area contributed by atoms with E-state index in [-0.39, 0.29) is 43.6 Å². The number of rotatable bonds is 9. The van der Waals surface area contributed by atoms with E-state index in [1.807, 2.05) is 0 Å². The second-order valence-electron chi connectivity index (χ2n) is 6.46. The fourth-order valence-corrected chi connectivity index (χ4v) is 2.71. The van der Waals surface area contributed by atoms with Crippen LogP contribution >= 0.6 is 0 Å². The number of carboxylic acid groups (broad SMARTS) is 2. The Bertz CT molecular complexity index is 765. The highest BCUT2D eigenvalue weighted by molar-refractivity contribution is 6.41. The molecule has 152 valence electrons. The quantitative estimate of drug-likeness (QED) is 0.268. The molecule has 1 aromatic carbocycles. The molecule has 12 heteroatoms. The largest absolute Gasteiger partial charge is 0.507 e. The Morgan fingerprint density at radius 2 is 1.89 bits per heavy atom. The van der Waals surface area contributed by atoms with Crippen molar-refractivity contribution in [1.29, 1.82) is 0 Å². The normalized spacial score (nSPS) is 14.9. The van der Waals surface area contributed by atoms with Crippen LogP contribution in [0.15, 0.2) is 12.1 Å². The Morgan fingerprint density at radius 1 is 1.25 bits per heavy atom. The van der Waals surface area contributed by atoms with Crippen LogP contribution in [0.3, 0.4) is 0 Å². The molecule has 28 heavy (non-hydrogen) atoms. The standard InChI is InChI=1S/C16H21BN2O9/c18-10(15(22)23)5-12(20)19-6-9(7-19)28-11-2-1-8(3-4-17(26)27)14(21)13(11)16(24)25/h1-2,9-10,21,26-27H,3-7,18H2,(H,22,23)(H,24,25). The minimum Gasteiger partial charge on any atom is -0.507 e. The third-order valence-corrected chi connectivity index (χ3v) is 4.32. The van der Waals surface area contributed by atoms with E-state index in [0.29, 0.717) is 0 Å². The highest BCUT2D eigenvalue weighted by atomic mass is 16.5. The number of amides is 1. The third kappa shape index (κ3) is 5.12. The van der Waals surface area contributed by atoms with E-state index >= 15 is 0 Å². The van der Waals surface area contributed by atoms with Gasteiger partial charge in [0.25, 0.3) is 0 Å². The lowest BCUT2D eigenvalue weighted by Gasteiger charge is -2.39. The van der Waals surface area contributed by atoms with Gasteiger partial charge in [-0.15, -0.1) is 0 Å². The number of carboxylic acids is 2. The molecule has 0 aromatic heterocycles. The molecule has 11 nitrogen and oxygen atoms in total. The number of aliphatic carboxylic acids is 1. The Balaban J connectivity index is 2.01. The van der Waals surface area contributed by atoms with Gasteiger partial charge in [-0.3, -0.25) is 9.59 Å². The monoisotopic (exact) mass is 396 g/mol. The van der Waals surface area contributed by atoms with Gasteiger partial charge in [0, 0.05) is 0 Å². The fraction of sp³-hybridized carbons (Fsp3) is 0.438. The molecule has 7 N–H and O–H groups in total. The minimum atomic E-state index is -1.59. The van der Waals surface area contributed by atoms with Crippen molar-refractivity contribution in [2.45, 2.75) is 31.3 Å². The summed E-state index contributed by atoms with van der Waals surface area (Å²) in [6.45, 7) is 0.257. The summed E-state index contributed by atoms with van der Waals surface area (Å²) in [6, 6.07) is 1.48. The predicted octanol–water partition coefficient (Wildman–Crippen LogP) is -1.50. The first kappa shape index (κ1) is 21.5. The molecule has 1 amide bonds. The molecule has 0 aliphatic carbocycles. The summed E-state index contributed by atoms with van der Waals surface area (Å²) >= 11 is 0. The van der Waals surface area contributed by atoms with Gasteiger partial charge in [0.05, 0.1) is 19.5 Å². The number of aromatic hydroxyl groups is 1. The average Bonchev–Trinajstić information content (AvgIpc) is 2.55. The number of nitrogens with two attached hydrogens (primary N) is 1. The molecule has 2 rings (SSSR count). The molecule has 1 aromatic rings. The van der Waals surface area contributed by atoms with Crippen LogP contribution in [0.1, 0.15) is 22.3 Å². The number of carbonyl (C=O) groups excluding carboxylic acids is 1. The van der Waals surface area contributed by atoms with Crippen molar-refractivity contribution in [3.05, 3.63) is 23.3 Å². The highest BCUT2D eigenvalue weighted by Gasteiger charge is 2.35. The van der Waals surface area contributed by atoms with E-state index < -0.39 is 48.4 Å². The van der Waals surface area contributed by atoms with Crippen LogP contribution in [0.4, 0.5) is 0 Å². The van der Waals surface area contributed by atoms with E-state index in [2.05, 4.69) is 0 Å². The van der Waals surface area contributed by atoms with Gasteiger partial charge in [0.1, 0.15) is 29.2 Å². The molecular formula is C16H21BN2O9. The zero-order valence-electron chi connectivity index (χ0n) is 14.8. The molecule has 0 saturated carbocycles. The molecule has 1 saturated heterocycles. The van der Waals surface area contributed by atoms with Gasteiger partial charge < -0.3 is 40.7 Å². The molecule has 1 atom stereocenters.